The topological polar surface area (TPSA) is 140 Å². The largest absolute Gasteiger partial charge is 0.478 e. The molecule has 1 amide bonds. The Morgan fingerprint density at radius 2 is 1.43 bits per heavy atom. The van der Waals surface area contributed by atoms with Crippen LogP contribution < -0.4 is 5.73 Å². The first-order valence-electron chi connectivity index (χ1n) is 19.1. The second-order valence-electron chi connectivity index (χ2n) is 15.3. The summed E-state index contributed by atoms with van der Waals surface area (Å²) >= 11 is 13.6. The van der Waals surface area contributed by atoms with Crippen molar-refractivity contribution < 1.29 is 29.3 Å². The summed E-state index contributed by atoms with van der Waals surface area (Å²) in [4.78, 5) is 49.7. The highest BCUT2D eigenvalue weighted by molar-refractivity contribution is 6.36. The average molecular weight is 783 g/mol. The second kappa shape index (κ2) is 17.1. The van der Waals surface area contributed by atoms with Crippen LogP contribution in [0.2, 0.25) is 10.0 Å². The van der Waals surface area contributed by atoms with Crippen LogP contribution in [0.25, 0.3) is 0 Å². The highest BCUT2D eigenvalue weighted by Crippen LogP contribution is 2.52. The van der Waals surface area contributed by atoms with Crippen LogP contribution in [0.1, 0.15) is 68.6 Å². The van der Waals surface area contributed by atoms with E-state index in [1.165, 1.54) is 12.8 Å². The van der Waals surface area contributed by atoms with E-state index in [1.807, 2.05) is 29.2 Å². The van der Waals surface area contributed by atoms with Crippen LogP contribution in [0.3, 0.4) is 0 Å². The number of halogens is 2. The Hall–Kier alpha value is -3.45. The summed E-state index contributed by atoms with van der Waals surface area (Å²) in [6, 6.07) is 14.4. The molecule has 54 heavy (non-hydrogen) atoms. The summed E-state index contributed by atoms with van der Waals surface area (Å²) in [5.74, 6) is -2.84. The van der Waals surface area contributed by atoms with Crippen LogP contribution in [-0.2, 0) is 37.6 Å². The molecule has 292 valence electrons. The number of ether oxygens (including phenoxy) is 1. The Kier molecular flexibility index (Phi) is 12.8. The van der Waals surface area contributed by atoms with Gasteiger partial charge in [-0.1, -0.05) is 53.5 Å². The number of nitrogens with two attached hydrogens (primary N) is 1. The number of hydrogen-bond donors (Lipinski definition) is 3. The Morgan fingerprint density at radius 3 is 2.02 bits per heavy atom. The van der Waals surface area contributed by atoms with Gasteiger partial charge in [-0.15, -0.1) is 0 Å². The molecular formula is C41H53Cl2N5O6. The van der Waals surface area contributed by atoms with E-state index in [2.05, 4.69) is 16.8 Å². The van der Waals surface area contributed by atoms with E-state index in [-0.39, 0.29) is 51.2 Å². The normalized spacial score (nSPS) is 25.1. The quantitative estimate of drug-likeness (QED) is 0.210. The fraction of sp³-hybridized carbons (Fsp3) is 0.537. The molecule has 13 heteroatoms. The van der Waals surface area contributed by atoms with Gasteiger partial charge in [0.2, 0.25) is 5.91 Å². The number of fused-ring (bicyclic) bond motifs is 2. The van der Waals surface area contributed by atoms with Gasteiger partial charge in [-0.3, -0.25) is 9.69 Å². The summed E-state index contributed by atoms with van der Waals surface area (Å²) in [7, 11) is 3.90. The lowest BCUT2D eigenvalue weighted by atomic mass is 9.66. The van der Waals surface area contributed by atoms with Crippen molar-refractivity contribution in [2.24, 2.45) is 5.73 Å². The van der Waals surface area contributed by atoms with Crippen molar-refractivity contribution in [3.63, 3.8) is 0 Å². The Morgan fingerprint density at radius 1 is 0.833 bits per heavy atom. The molecule has 0 radical (unpaired) electrons. The van der Waals surface area contributed by atoms with E-state index < -0.39 is 17.4 Å². The van der Waals surface area contributed by atoms with Gasteiger partial charge in [-0.05, 0) is 88.7 Å². The summed E-state index contributed by atoms with van der Waals surface area (Å²) in [5, 5.41) is 22.2. The number of benzene rings is 2. The Bertz CT molecular complexity index is 1780. The Labute approximate surface area is 328 Å². The molecule has 3 fully saturated rings. The summed E-state index contributed by atoms with van der Waals surface area (Å²) in [6.07, 6.45) is 5.97. The number of hydrogen-bond acceptors (Lipinski definition) is 8. The highest BCUT2D eigenvalue weighted by Gasteiger charge is 2.52. The predicted molar refractivity (Wildman–Crippen MR) is 209 cm³/mol. The van der Waals surface area contributed by atoms with Gasteiger partial charge in [0.05, 0.1) is 29.6 Å². The van der Waals surface area contributed by atoms with Crippen molar-refractivity contribution in [1.82, 2.24) is 19.6 Å². The molecule has 0 saturated carbocycles. The van der Waals surface area contributed by atoms with E-state index in [9.17, 15) is 24.6 Å². The van der Waals surface area contributed by atoms with Gasteiger partial charge in [-0.25, -0.2) is 9.59 Å². The molecule has 4 heterocycles. The SMILES string of the molecule is CN1C(CCc2ccccc2COCCCN)=C(C(=O)O)C(C)(c2c(Cl)cccc2Cl)C(C(=O)O)=C1CC(=O)N1CCN(C2CC3CCC(C2)N3C)CC1. The lowest BCUT2D eigenvalue weighted by Crippen LogP contribution is -2.56. The Balaban J connectivity index is 1.32. The van der Waals surface area contributed by atoms with Crippen molar-refractivity contribution in [2.45, 2.75) is 88.4 Å². The maximum absolute atomic E-state index is 14.2. The predicted octanol–water partition coefficient (Wildman–Crippen LogP) is 5.53. The second-order valence-corrected chi connectivity index (χ2v) is 16.1. The molecule has 11 nitrogen and oxygen atoms in total. The monoisotopic (exact) mass is 781 g/mol. The van der Waals surface area contributed by atoms with Gasteiger partial charge in [0.1, 0.15) is 0 Å². The van der Waals surface area contributed by atoms with Crippen LogP contribution >= 0.6 is 23.2 Å². The van der Waals surface area contributed by atoms with Crippen molar-refractivity contribution in [3.8, 4) is 0 Å². The molecule has 2 aromatic carbocycles. The van der Waals surface area contributed by atoms with Gasteiger partial charge in [0, 0.05) is 85.0 Å². The lowest BCUT2D eigenvalue weighted by Gasteiger charge is -2.46. The van der Waals surface area contributed by atoms with E-state index >= 15 is 0 Å². The van der Waals surface area contributed by atoms with Crippen LogP contribution in [0.4, 0.5) is 0 Å². The molecule has 0 aliphatic carbocycles. The summed E-state index contributed by atoms with van der Waals surface area (Å²) in [6.45, 7) is 5.58. The number of rotatable bonds is 14. The van der Waals surface area contributed by atoms with E-state index in [0.29, 0.717) is 63.1 Å². The zero-order chi connectivity index (χ0) is 38.7. The zero-order valence-electron chi connectivity index (χ0n) is 31.5. The standard InChI is InChI=1S/C41H53Cl2N5O6/c1-41(36-31(42)10-6-11-32(36)43)37(39(50)51)33(15-12-26-8-4-5-9-27(26)25-54-21-7-16-44)46(3)34(38(41)40(52)53)24-35(49)48-19-17-47(18-20-48)30-22-28-13-14-29(23-30)45(28)2/h4-6,8-11,28-30H,7,12-25,44H2,1-3H3,(H,50,51)(H,52,53). The minimum atomic E-state index is -1.80. The number of piperazine rings is 1. The lowest BCUT2D eigenvalue weighted by molar-refractivity contribution is -0.134. The first kappa shape index (κ1) is 40.2. The number of nitrogens with zero attached hydrogens (tertiary/aromatic N) is 4. The first-order valence-corrected chi connectivity index (χ1v) is 19.8. The maximum Gasteiger partial charge on any atom is 0.334 e. The number of carbonyl (C=O) groups excluding carboxylic acids is 1. The number of carboxylic acids is 2. The minimum absolute atomic E-state index is 0.135. The van der Waals surface area contributed by atoms with Gasteiger partial charge >= 0.3 is 11.9 Å². The molecular weight excluding hydrogens is 729 g/mol. The van der Waals surface area contributed by atoms with E-state index in [1.54, 1.807) is 37.1 Å². The van der Waals surface area contributed by atoms with Crippen molar-refractivity contribution in [2.75, 3.05) is 53.4 Å². The molecule has 6 rings (SSSR count). The van der Waals surface area contributed by atoms with E-state index in [0.717, 1.165) is 43.5 Å². The molecule has 3 atom stereocenters. The van der Waals surface area contributed by atoms with E-state index in [4.69, 9.17) is 33.7 Å². The molecule has 4 aliphatic rings. The fourth-order valence-electron chi connectivity index (χ4n) is 9.44. The zero-order valence-corrected chi connectivity index (χ0v) is 33.0. The van der Waals surface area contributed by atoms with Crippen LogP contribution in [-0.4, -0.2) is 119 Å². The minimum Gasteiger partial charge on any atom is -0.478 e. The maximum atomic E-state index is 14.2. The van der Waals surface area contributed by atoms with Crippen LogP contribution in [0, 0.1) is 0 Å². The third kappa shape index (κ3) is 7.94. The molecule has 2 aromatic rings. The smallest absolute Gasteiger partial charge is 0.334 e. The molecule has 0 spiro atoms. The highest BCUT2D eigenvalue weighted by atomic mass is 35.5. The summed E-state index contributed by atoms with van der Waals surface area (Å²) in [5.41, 5.74) is 6.17. The van der Waals surface area contributed by atoms with Gasteiger partial charge in [0.15, 0.2) is 0 Å². The molecule has 2 bridgehead atoms. The number of aryl methyl sites for hydroxylation is 1. The first-order chi connectivity index (χ1) is 25.9. The average Bonchev–Trinajstić information content (AvgIpc) is 3.32. The van der Waals surface area contributed by atoms with Crippen LogP contribution in [0.5, 0.6) is 0 Å². The van der Waals surface area contributed by atoms with Crippen molar-refractivity contribution in [3.05, 3.63) is 91.7 Å². The van der Waals surface area contributed by atoms with Gasteiger partial charge in [0.25, 0.3) is 0 Å². The van der Waals surface area contributed by atoms with Gasteiger partial charge < -0.3 is 35.4 Å². The summed E-state index contributed by atoms with van der Waals surface area (Å²) < 4.78 is 5.86. The van der Waals surface area contributed by atoms with Crippen molar-refractivity contribution in [1.29, 1.82) is 0 Å². The number of carbonyl (C=O) groups is 3. The number of amides is 1. The molecule has 0 aromatic heterocycles. The molecule has 3 unspecified atom stereocenters. The third-order valence-electron chi connectivity index (χ3n) is 12.4. The number of allylic oxidation sites excluding steroid dienone is 1. The van der Waals surface area contributed by atoms with Crippen molar-refractivity contribution >= 4 is 41.0 Å². The number of aliphatic carboxylic acids is 2. The molecule has 3 saturated heterocycles. The number of carboxylic acid groups (broad SMARTS) is 2. The van der Waals surface area contributed by atoms with Gasteiger partial charge in [-0.2, -0.15) is 0 Å². The van der Waals surface area contributed by atoms with Crippen LogP contribution in [0.15, 0.2) is 65.0 Å². The third-order valence-corrected chi connectivity index (χ3v) is 13.0. The molecule has 4 N–H and O–H groups in total. The number of piperidine rings is 1. The molecule has 4 aliphatic heterocycles. The fourth-order valence-corrected chi connectivity index (χ4v) is 10.2.